The molecule has 9 nitrogen and oxygen atoms in total. The van der Waals surface area contributed by atoms with E-state index in [1.54, 1.807) is 30.8 Å². The number of methoxy groups -OCH3 is 1. The summed E-state index contributed by atoms with van der Waals surface area (Å²) in [4.78, 5) is 43.3. The second-order valence-electron chi connectivity index (χ2n) is 7.78. The number of hydrogen-bond acceptors (Lipinski definition) is 8. The van der Waals surface area contributed by atoms with Crippen LogP contribution in [0.2, 0.25) is 0 Å². The quantitative estimate of drug-likeness (QED) is 0.529. The van der Waals surface area contributed by atoms with Crippen LogP contribution in [0, 0.1) is 16.0 Å². The van der Waals surface area contributed by atoms with Crippen molar-refractivity contribution in [1.82, 2.24) is 4.98 Å². The number of carbonyl (C=O) groups is 2. The smallest absolute Gasteiger partial charge is 0.296 e. The number of nitro benzene ring substituents is 1. The number of aromatic nitrogens is 1. The minimum Gasteiger partial charge on any atom is -0.483 e. The van der Waals surface area contributed by atoms with Gasteiger partial charge in [0, 0.05) is 37.2 Å². The van der Waals surface area contributed by atoms with E-state index in [0.29, 0.717) is 29.1 Å². The van der Waals surface area contributed by atoms with Gasteiger partial charge in [-0.1, -0.05) is 0 Å². The number of thiazole rings is 1. The summed E-state index contributed by atoms with van der Waals surface area (Å²) in [7, 11) is 1.63. The fraction of sp³-hybridized carbons (Fsp3) is 0.381. The number of non-ortho nitro benzene ring substituents is 1. The molecule has 4 atom stereocenters. The highest BCUT2D eigenvalue weighted by Gasteiger charge is 2.53. The summed E-state index contributed by atoms with van der Waals surface area (Å²) in [6.45, 7) is 0. The van der Waals surface area contributed by atoms with Gasteiger partial charge < -0.3 is 9.47 Å². The Morgan fingerprint density at radius 2 is 2.03 bits per heavy atom. The molecule has 1 saturated carbocycles. The second-order valence-corrected chi connectivity index (χ2v) is 8.65. The van der Waals surface area contributed by atoms with Crippen LogP contribution < -0.4 is 4.90 Å². The van der Waals surface area contributed by atoms with Gasteiger partial charge in [-0.05, 0) is 30.5 Å². The molecular formula is C21H19N3O6S. The van der Waals surface area contributed by atoms with Crippen LogP contribution in [0.3, 0.4) is 0 Å². The zero-order valence-corrected chi connectivity index (χ0v) is 17.4. The minimum atomic E-state index is -0.733. The van der Waals surface area contributed by atoms with E-state index in [-0.39, 0.29) is 29.3 Å². The molecule has 4 unspecified atom stereocenters. The van der Waals surface area contributed by atoms with E-state index in [4.69, 9.17) is 9.47 Å². The zero-order valence-electron chi connectivity index (χ0n) is 16.6. The molecule has 5 rings (SSSR count). The summed E-state index contributed by atoms with van der Waals surface area (Å²) < 4.78 is 11.6. The normalized spacial score (nSPS) is 27.7. The Bertz CT molecular complexity index is 1080. The van der Waals surface area contributed by atoms with Gasteiger partial charge in [-0.2, -0.15) is 0 Å². The fourth-order valence-corrected chi connectivity index (χ4v) is 5.34. The van der Waals surface area contributed by atoms with E-state index >= 15 is 0 Å². The molecule has 1 aliphatic carbocycles. The average molecular weight is 441 g/mol. The lowest BCUT2D eigenvalue weighted by Gasteiger charge is -2.38. The Kier molecular flexibility index (Phi) is 4.82. The highest BCUT2D eigenvalue weighted by molar-refractivity contribution is 7.13. The van der Waals surface area contributed by atoms with Crippen LogP contribution in [-0.4, -0.2) is 40.9 Å². The van der Waals surface area contributed by atoms with Gasteiger partial charge in [0.1, 0.15) is 6.10 Å². The summed E-state index contributed by atoms with van der Waals surface area (Å²) in [6.07, 6.45) is 3.11. The maximum Gasteiger partial charge on any atom is 0.296 e. The van der Waals surface area contributed by atoms with Gasteiger partial charge in [-0.3, -0.25) is 24.6 Å². The van der Waals surface area contributed by atoms with E-state index in [0.717, 1.165) is 6.42 Å². The predicted octanol–water partition coefficient (Wildman–Crippen LogP) is 3.18. The molecule has 0 saturated heterocycles. The van der Waals surface area contributed by atoms with Crippen molar-refractivity contribution in [3.63, 3.8) is 0 Å². The van der Waals surface area contributed by atoms with Gasteiger partial charge in [0.25, 0.3) is 11.6 Å². The first-order valence-electron chi connectivity index (χ1n) is 9.94. The number of hydrogen-bond donors (Lipinski definition) is 0. The van der Waals surface area contributed by atoms with Crippen molar-refractivity contribution in [2.45, 2.75) is 37.5 Å². The Labute approximate surface area is 181 Å². The number of ketones is 1. The third-order valence-electron chi connectivity index (χ3n) is 6.18. The molecule has 1 amide bonds. The van der Waals surface area contributed by atoms with Gasteiger partial charge in [0.2, 0.25) is 0 Å². The summed E-state index contributed by atoms with van der Waals surface area (Å²) in [6, 6.07) is 5.17. The highest BCUT2D eigenvalue weighted by atomic mass is 32.1. The number of rotatable bonds is 4. The second kappa shape index (κ2) is 7.54. The number of carbonyl (C=O) groups excluding carboxylic acids is 2. The van der Waals surface area contributed by atoms with E-state index in [1.807, 2.05) is 0 Å². The first kappa shape index (κ1) is 19.8. The molecule has 10 heteroatoms. The summed E-state index contributed by atoms with van der Waals surface area (Å²) in [5.41, 5.74) is 0.846. The lowest BCUT2D eigenvalue weighted by Crippen LogP contribution is -2.43. The molecule has 2 aromatic rings. The number of benzene rings is 1. The molecule has 1 fully saturated rings. The molecule has 0 radical (unpaired) electrons. The monoisotopic (exact) mass is 441 g/mol. The van der Waals surface area contributed by atoms with Gasteiger partial charge in [0.15, 0.2) is 16.7 Å². The van der Waals surface area contributed by atoms with Crippen molar-refractivity contribution in [2.75, 3.05) is 12.0 Å². The number of nitro groups is 1. The lowest BCUT2D eigenvalue weighted by molar-refractivity contribution is -0.384. The zero-order chi connectivity index (χ0) is 21.7. The Morgan fingerprint density at radius 1 is 1.26 bits per heavy atom. The Balaban J connectivity index is 1.59. The number of anilines is 1. The van der Waals surface area contributed by atoms with Crippen LogP contribution in [0.1, 0.15) is 30.9 Å². The number of ether oxygens (including phenoxy) is 2. The van der Waals surface area contributed by atoms with Crippen LogP contribution in [0.5, 0.6) is 0 Å². The van der Waals surface area contributed by atoms with Crippen molar-refractivity contribution < 1.29 is 24.0 Å². The van der Waals surface area contributed by atoms with Crippen molar-refractivity contribution in [3.05, 3.63) is 62.9 Å². The van der Waals surface area contributed by atoms with Crippen molar-refractivity contribution in [1.29, 1.82) is 0 Å². The van der Waals surface area contributed by atoms with Gasteiger partial charge in [0.05, 0.1) is 28.6 Å². The first-order chi connectivity index (χ1) is 15.0. The van der Waals surface area contributed by atoms with Gasteiger partial charge in [-0.15, -0.1) is 11.3 Å². The summed E-state index contributed by atoms with van der Waals surface area (Å²) in [5, 5.41) is 13.3. The molecular weight excluding hydrogens is 422 g/mol. The molecule has 1 aromatic heterocycles. The molecule has 0 N–H and O–H groups in total. The molecule has 31 heavy (non-hydrogen) atoms. The first-order valence-corrected chi connectivity index (χ1v) is 10.8. The fourth-order valence-electron chi connectivity index (χ4n) is 4.67. The third kappa shape index (κ3) is 3.14. The molecule has 160 valence electrons. The van der Waals surface area contributed by atoms with E-state index in [2.05, 4.69) is 4.98 Å². The molecule has 3 aliphatic rings. The molecule has 2 aliphatic heterocycles. The molecule has 3 heterocycles. The van der Waals surface area contributed by atoms with Crippen LogP contribution in [0.4, 0.5) is 10.8 Å². The van der Waals surface area contributed by atoms with Crippen LogP contribution in [-0.2, 0) is 19.1 Å². The number of Topliss-reactive ketones (excluding diaryl/α,β-unsaturated/α-hetero) is 1. The molecule has 0 spiro atoms. The largest absolute Gasteiger partial charge is 0.483 e. The third-order valence-corrected chi connectivity index (χ3v) is 6.95. The van der Waals surface area contributed by atoms with Crippen LogP contribution in [0.25, 0.3) is 0 Å². The summed E-state index contributed by atoms with van der Waals surface area (Å²) in [5.74, 6) is -0.799. The number of amides is 1. The highest BCUT2D eigenvalue weighted by Crippen LogP contribution is 2.48. The average Bonchev–Trinajstić information content (AvgIpc) is 3.40. The SMILES string of the molecule is COC1CCC2C(=O)C3=C(OC2C1)C(=O)N(c1nccs1)C3c1ccc([N+](=O)[O-])cc1. The van der Waals surface area contributed by atoms with Crippen LogP contribution >= 0.6 is 11.3 Å². The minimum absolute atomic E-state index is 0.00626. The summed E-state index contributed by atoms with van der Waals surface area (Å²) >= 11 is 1.28. The number of fused-ring (bicyclic) bond motifs is 1. The Hall–Kier alpha value is -3.11. The van der Waals surface area contributed by atoms with Crippen molar-refractivity contribution in [3.8, 4) is 0 Å². The maximum absolute atomic E-state index is 13.6. The van der Waals surface area contributed by atoms with E-state index in [9.17, 15) is 19.7 Å². The molecule has 1 aromatic carbocycles. The topological polar surface area (TPSA) is 112 Å². The number of nitrogens with zero attached hydrogens (tertiary/aromatic N) is 3. The standard InChI is InChI=1S/C21H19N3O6S/c1-29-13-6-7-14-15(10-13)30-19-16(18(14)25)17(11-2-4-12(5-3-11)24(27)28)23(20(19)26)21-22-8-9-31-21/h2-5,8-9,13-15,17H,6-7,10H2,1H3. The van der Waals surface area contributed by atoms with Crippen molar-refractivity contribution >= 4 is 33.8 Å². The van der Waals surface area contributed by atoms with Crippen LogP contribution in [0.15, 0.2) is 47.2 Å². The molecule has 0 bridgehead atoms. The predicted molar refractivity (Wildman–Crippen MR) is 110 cm³/mol. The van der Waals surface area contributed by atoms with Gasteiger partial charge >= 0.3 is 0 Å². The van der Waals surface area contributed by atoms with E-state index < -0.39 is 23.0 Å². The van der Waals surface area contributed by atoms with Gasteiger partial charge in [-0.25, -0.2) is 4.98 Å². The Morgan fingerprint density at radius 3 is 2.68 bits per heavy atom. The maximum atomic E-state index is 13.6. The lowest BCUT2D eigenvalue weighted by atomic mass is 9.76. The van der Waals surface area contributed by atoms with E-state index in [1.165, 1.54) is 28.4 Å². The van der Waals surface area contributed by atoms with Crippen molar-refractivity contribution in [2.24, 2.45) is 5.92 Å².